The highest BCUT2D eigenvalue weighted by molar-refractivity contribution is 5.78. The summed E-state index contributed by atoms with van der Waals surface area (Å²) in [4.78, 5) is 28.4. The summed E-state index contributed by atoms with van der Waals surface area (Å²) in [5.74, 6) is 0.136. The number of carbonyl (C=O) groups is 1. The lowest BCUT2D eigenvalue weighted by molar-refractivity contribution is -0.141. The molecule has 0 amide bonds. The molecule has 0 fully saturated rings. The maximum absolute atomic E-state index is 12.5. The number of hydrogen-bond donors (Lipinski definition) is 1. The number of para-hydroxylation sites is 1. The Morgan fingerprint density at radius 2 is 2.15 bits per heavy atom. The highest BCUT2D eigenvalue weighted by atomic mass is 16.5. The van der Waals surface area contributed by atoms with Crippen LogP contribution in [0.15, 0.2) is 29.1 Å². The SMILES string of the molecule is CCc1nc2ccccc2c(=O)n1NC(C)C(=O)OC. The Hall–Kier alpha value is -2.37. The van der Waals surface area contributed by atoms with Crippen molar-refractivity contribution in [3.05, 3.63) is 40.4 Å². The van der Waals surface area contributed by atoms with Crippen LogP contribution in [0.5, 0.6) is 0 Å². The van der Waals surface area contributed by atoms with Gasteiger partial charge in [0, 0.05) is 6.42 Å². The van der Waals surface area contributed by atoms with E-state index in [0.717, 1.165) is 0 Å². The molecule has 0 aliphatic heterocycles. The third kappa shape index (κ3) is 2.49. The van der Waals surface area contributed by atoms with Gasteiger partial charge in [0.15, 0.2) is 0 Å². The molecule has 0 saturated carbocycles. The highest BCUT2D eigenvalue weighted by Gasteiger charge is 2.16. The molecular weight excluding hydrogens is 258 g/mol. The molecule has 0 radical (unpaired) electrons. The van der Waals surface area contributed by atoms with Crippen molar-refractivity contribution in [2.75, 3.05) is 12.5 Å². The molecule has 2 aromatic rings. The Morgan fingerprint density at radius 1 is 1.45 bits per heavy atom. The van der Waals surface area contributed by atoms with E-state index in [2.05, 4.69) is 15.1 Å². The first-order chi connectivity index (χ1) is 9.58. The van der Waals surface area contributed by atoms with Gasteiger partial charge in [0.1, 0.15) is 11.9 Å². The van der Waals surface area contributed by atoms with Gasteiger partial charge >= 0.3 is 5.97 Å². The van der Waals surface area contributed by atoms with E-state index in [9.17, 15) is 9.59 Å². The lowest BCUT2D eigenvalue weighted by Crippen LogP contribution is -2.41. The number of aromatic nitrogens is 2. The van der Waals surface area contributed by atoms with E-state index in [4.69, 9.17) is 0 Å². The lowest BCUT2D eigenvalue weighted by Gasteiger charge is -2.18. The third-order valence-corrected chi connectivity index (χ3v) is 3.04. The number of hydrogen-bond acceptors (Lipinski definition) is 5. The summed E-state index contributed by atoms with van der Waals surface area (Å²) in [6, 6.07) is 6.49. The second-order valence-corrected chi connectivity index (χ2v) is 4.41. The summed E-state index contributed by atoms with van der Waals surface area (Å²) in [5.41, 5.74) is 3.27. The van der Waals surface area contributed by atoms with Crippen molar-refractivity contribution < 1.29 is 9.53 Å². The number of nitrogens with one attached hydrogen (secondary N) is 1. The molecule has 0 saturated heterocycles. The van der Waals surface area contributed by atoms with Crippen molar-refractivity contribution >= 4 is 16.9 Å². The smallest absolute Gasteiger partial charge is 0.329 e. The van der Waals surface area contributed by atoms with E-state index in [1.165, 1.54) is 11.8 Å². The van der Waals surface area contributed by atoms with Gasteiger partial charge in [-0.2, -0.15) is 0 Å². The minimum atomic E-state index is -0.633. The lowest BCUT2D eigenvalue weighted by atomic mass is 10.2. The molecule has 1 N–H and O–H groups in total. The van der Waals surface area contributed by atoms with Gasteiger partial charge < -0.3 is 10.2 Å². The number of benzene rings is 1. The van der Waals surface area contributed by atoms with Crippen molar-refractivity contribution in [3.63, 3.8) is 0 Å². The fourth-order valence-electron chi connectivity index (χ4n) is 1.97. The molecule has 0 bridgehead atoms. The average Bonchev–Trinajstić information content (AvgIpc) is 2.48. The second-order valence-electron chi connectivity index (χ2n) is 4.41. The van der Waals surface area contributed by atoms with Gasteiger partial charge in [0.05, 0.1) is 18.0 Å². The first-order valence-electron chi connectivity index (χ1n) is 6.43. The molecule has 1 unspecified atom stereocenters. The van der Waals surface area contributed by atoms with Crippen LogP contribution in [-0.2, 0) is 16.0 Å². The van der Waals surface area contributed by atoms with E-state index in [0.29, 0.717) is 23.1 Å². The minimum Gasteiger partial charge on any atom is -0.467 e. The molecule has 20 heavy (non-hydrogen) atoms. The Balaban J connectivity index is 2.54. The van der Waals surface area contributed by atoms with Gasteiger partial charge in [-0.05, 0) is 19.1 Å². The van der Waals surface area contributed by atoms with Crippen molar-refractivity contribution in [2.24, 2.45) is 0 Å². The molecule has 106 valence electrons. The van der Waals surface area contributed by atoms with Gasteiger partial charge in [-0.3, -0.25) is 4.79 Å². The molecule has 1 heterocycles. The molecule has 0 spiro atoms. The van der Waals surface area contributed by atoms with Crippen LogP contribution in [-0.4, -0.2) is 28.8 Å². The third-order valence-electron chi connectivity index (χ3n) is 3.04. The molecule has 6 heteroatoms. The number of nitrogens with zero attached hydrogens (tertiary/aromatic N) is 2. The number of ether oxygens (including phenoxy) is 1. The van der Waals surface area contributed by atoms with Gasteiger partial charge in [-0.15, -0.1) is 0 Å². The fraction of sp³-hybridized carbons (Fsp3) is 0.357. The summed E-state index contributed by atoms with van der Waals surface area (Å²) in [6.07, 6.45) is 0.570. The monoisotopic (exact) mass is 275 g/mol. The molecule has 1 atom stereocenters. The average molecular weight is 275 g/mol. The molecule has 1 aromatic heterocycles. The van der Waals surface area contributed by atoms with Crippen molar-refractivity contribution in [1.29, 1.82) is 0 Å². The van der Waals surface area contributed by atoms with Gasteiger partial charge in [-0.25, -0.2) is 14.5 Å². The number of methoxy groups -OCH3 is 1. The van der Waals surface area contributed by atoms with Gasteiger partial charge in [0.25, 0.3) is 5.56 Å². The van der Waals surface area contributed by atoms with E-state index in [1.807, 2.05) is 13.0 Å². The number of fused-ring (bicyclic) bond motifs is 1. The first-order valence-corrected chi connectivity index (χ1v) is 6.43. The predicted molar refractivity (Wildman–Crippen MR) is 76.2 cm³/mol. The number of esters is 1. The summed E-state index contributed by atoms with van der Waals surface area (Å²) in [7, 11) is 1.31. The van der Waals surface area contributed by atoms with Crippen LogP contribution >= 0.6 is 0 Å². The van der Waals surface area contributed by atoms with E-state index < -0.39 is 12.0 Å². The normalized spacial score (nSPS) is 12.2. The molecule has 0 aliphatic carbocycles. The molecule has 0 aliphatic rings. The quantitative estimate of drug-likeness (QED) is 0.845. The van der Waals surface area contributed by atoms with Gasteiger partial charge in [0.2, 0.25) is 0 Å². The second kappa shape index (κ2) is 5.73. The Labute approximate surface area is 116 Å². The van der Waals surface area contributed by atoms with Crippen LogP contribution < -0.4 is 11.0 Å². The van der Waals surface area contributed by atoms with Crippen LogP contribution in [0, 0.1) is 0 Å². The molecule has 1 aromatic carbocycles. The zero-order chi connectivity index (χ0) is 14.7. The van der Waals surface area contributed by atoms with Crippen LogP contribution in [0.1, 0.15) is 19.7 Å². The van der Waals surface area contributed by atoms with Gasteiger partial charge in [-0.1, -0.05) is 19.1 Å². The Kier molecular flexibility index (Phi) is 4.02. The van der Waals surface area contributed by atoms with Crippen LogP contribution in [0.25, 0.3) is 10.9 Å². The van der Waals surface area contributed by atoms with Crippen molar-refractivity contribution in [2.45, 2.75) is 26.3 Å². The highest BCUT2D eigenvalue weighted by Crippen LogP contribution is 2.07. The van der Waals surface area contributed by atoms with Crippen LogP contribution in [0.3, 0.4) is 0 Å². The zero-order valence-electron chi connectivity index (χ0n) is 11.7. The Morgan fingerprint density at radius 3 is 2.80 bits per heavy atom. The summed E-state index contributed by atoms with van der Waals surface area (Å²) in [6.45, 7) is 3.53. The number of aryl methyl sites for hydroxylation is 1. The standard InChI is InChI=1S/C14H17N3O3/c1-4-12-15-11-8-6-5-7-10(11)13(18)17(12)16-9(2)14(19)20-3/h5-9,16H,4H2,1-3H3. The zero-order valence-corrected chi connectivity index (χ0v) is 11.7. The summed E-state index contributed by atoms with van der Waals surface area (Å²) >= 11 is 0. The Bertz CT molecular complexity index is 694. The van der Waals surface area contributed by atoms with Crippen molar-refractivity contribution in [1.82, 2.24) is 9.66 Å². The van der Waals surface area contributed by atoms with Crippen molar-refractivity contribution in [3.8, 4) is 0 Å². The van der Waals surface area contributed by atoms with Crippen LogP contribution in [0.4, 0.5) is 0 Å². The topological polar surface area (TPSA) is 73.2 Å². The number of carbonyl (C=O) groups excluding carboxylic acids is 1. The van der Waals surface area contributed by atoms with E-state index in [1.54, 1.807) is 25.1 Å². The number of rotatable bonds is 4. The fourth-order valence-corrected chi connectivity index (χ4v) is 1.97. The summed E-state index contributed by atoms with van der Waals surface area (Å²) < 4.78 is 5.97. The van der Waals surface area contributed by atoms with Crippen LogP contribution in [0.2, 0.25) is 0 Å². The maximum Gasteiger partial charge on any atom is 0.329 e. The minimum absolute atomic E-state index is 0.219. The molecular formula is C14H17N3O3. The largest absolute Gasteiger partial charge is 0.467 e. The summed E-state index contributed by atoms with van der Waals surface area (Å²) in [5, 5.41) is 0.509. The predicted octanol–water partition coefficient (Wildman–Crippen LogP) is 1.06. The molecule has 2 rings (SSSR count). The first kappa shape index (κ1) is 14.0. The maximum atomic E-state index is 12.5. The van der Waals surface area contributed by atoms with E-state index in [-0.39, 0.29) is 5.56 Å². The molecule has 6 nitrogen and oxygen atoms in total. The van der Waals surface area contributed by atoms with E-state index >= 15 is 0 Å².